The molecule has 0 spiro atoms. The molecule has 3 aromatic rings. The van der Waals surface area contributed by atoms with Gasteiger partial charge in [0.05, 0.1) is 0 Å². The molecule has 1 amide bonds. The van der Waals surface area contributed by atoms with Crippen LogP contribution in [0.25, 0.3) is 5.69 Å². The van der Waals surface area contributed by atoms with Crippen molar-refractivity contribution in [1.29, 1.82) is 0 Å². The third-order valence-electron chi connectivity index (χ3n) is 5.27. The number of likely N-dealkylation sites (tertiary alicyclic amines) is 1. The quantitative estimate of drug-likeness (QED) is 0.394. The van der Waals surface area contributed by atoms with Gasteiger partial charge >= 0.3 is 0 Å². The van der Waals surface area contributed by atoms with Crippen molar-refractivity contribution < 1.29 is 9.59 Å². The molecule has 1 aliphatic heterocycles. The van der Waals surface area contributed by atoms with Gasteiger partial charge in [-0.1, -0.05) is 36.4 Å². The molecule has 5 heteroatoms. The number of benzene rings is 2. The molecule has 1 aliphatic rings. The van der Waals surface area contributed by atoms with Crippen LogP contribution in [0.4, 0.5) is 0 Å². The highest BCUT2D eigenvalue weighted by molar-refractivity contribution is 14.1. The second kappa shape index (κ2) is 8.31. The zero-order chi connectivity index (χ0) is 19.5. The molecule has 0 N–H and O–H groups in total. The highest BCUT2D eigenvalue weighted by Gasteiger charge is 2.29. The molecule has 4 nitrogen and oxygen atoms in total. The minimum atomic E-state index is -0.00561. The van der Waals surface area contributed by atoms with Crippen molar-refractivity contribution in [3.05, 3.63) is 87.8 Å². The molecule has 2 heterocycles. The molecule has 0 unspecified atom stereocenters. The van der Waals surface area contributed by atoms with Gasteiger partial charge < -0.3 is 9.47 Å². The molecule has 28 heavy (non-hydrogen) atoms. The lowest BCUT2D eigenvalue weighted by atomic mass is 9.89. The lowest BCUT2D eigenvalue weighted by Crippen LogP contribution is -2.40. The molecular formula is C23H21IN2O2. The van der Waals surface area contributed by atoms with Crippen LogP contribution in [0.5, 0.6) is 0 Å². The second-order valence-electron chi connectivity index (χ2n) is 7.04. The van der Waals surface area contributed by atoms with Gasteiger partial charge in [0.1, 0.15) is 5.69 Å². The van der Waals surface area contributed by atoms with Gasteiger partial charge in [-0.25, -0.2) is 0 Å². The Balaban J connectivity index is 1.45. The first-order chi connectivity index (χ1) is 13.6. The number of Topliss-reactive ketones (excluding diaryl/α,β-unsaturated/α-hetero) is 1. The van der Waals surface area contributed by atoms with Gasteiger partial charge in [-0.3, -0.25) is 9.59 Å². The number of carbonyl (C=O) groups excluding carboxylic acids is 2. The standard InChI is InChI=1S/C23H21IN2O2/c24-19-8-4-9-20(16-19)26-13-5-10-21(26)23(28)25-14-11-18(12-15-25)22(27)17-6-2-1-3-7-17/h1-10,13,16,18H,11-12,14-15H2. The number of hydrogen-bond donors (Lipinski definition) is 0. The van der Waals surface area contributed by atoms with Crippen molar-refractivity contribution in [2.45, 2.75) is 12.8 Å². The third kappa shape index (κ3) is 3.90. The summed E-state index contributed by atoms with van der Waals surface area (Å²) in [4.78, 5) is 27.6. The Labute approximate surface area is 178 Å². The summed E-state index contributed by atoms with van der Waals surface area (Å²) < 4.78 is 3.06. The van der Waals surface area contributed by atoms with E-state index in [1.165, 1.54) is 0 Å². The SMILES string of the molecule is O=C(c1ccccc1)C1CCN(C(=O)c2cccn2-c2cccc(I)c2)CC1. The van der Waals surface area contributed by atoms with Crippen molar-refractivity contribution >= 4 is 34.3 Å². The molecule has 1 saturated heterocycles. The highest BCUT2D eigenvalue weighted by atomic mass is 127. The first-order valence-corrected chi connectivity index (χ1v) is 10.5. The van der Waals surface area contributed by atoms with Crippen LogP contribution in [0.1, 0.15) is 33.7 Å². The van der Waals surface area contributed by atoms with Crippen molar-refractivity contribution in [2.24, 2.45) is 5.92 Å². The minimum Gasteiger partial charge on any atom is -0.337 e. The molecule has 1 aromatic heterocycles. The molecule has 0 atom stereocenters. The number of carbonyl (C=O) groups is 2. The number of nitrogens with zero attached hydrogens (tertiary/aromatic N) is 2. The van der Waals surface area contributed by atoms with Gasteiger partial charge in [-0.15, -0.1) is 0 Å². The monoisotopic (exact) mass is 484 g/mol. The predicted molar refractivity (Wildman–Crippen MR) is 118 cm³/mol. The number of halogens is 1. The summed E-state index contributed by atoms with van der Waals surface area (Å²) in [5.74, 6) is 0.207. The second-order valence-corrected chi connectivity index (χ2v) is 8.29. The Kier molecular flexibility index (Phi) is 5.62. The Hall–Kier alpha value is -2.41. The van der Waals surface area contributed by atoms with E-state index in [4.69, 9.17) is 0 Å². The molecule has 0 saturated carbocycles. The number of aromatic nitrogens is 1. The molecular weight excluding hydrogens is 463 g/mol. The van der Waals surface area contributed by atoms with Gasteiger partial charge in [0.2, 0.25) is 0 Å². The van der Waals surface area contributed by atoms with Gasteiger partial charge in [0.15, 0.2) is 5.78 Å². The van der Waals surface area contributed by atoms with Gasteiger partial charge in [0.25, 0.3) is 5.91 Å². The van der Waals surface area contributed by atoms with Crippen LogP contribution in [-0.4, -0.2) is 34.2 Å². The van der Waals surface area contributed by atoms with Gasteiger partial charge in [-0.2, -0.15) is 0 Å². The lowest BCUT2D eigenvalue weighted by molar-refractivity contribution is 0.0644. The topological polar surface area (TPSA) is 42.3 Å². The third-order valence-corrected chi connectivity index (χ3v) is 5.94. The molecule has 0 bridgehead atoms. The fourth-order valence-electron chi connectivity index (χ4n) is 3.75. The van der Waals surface area contributed by atoms with E-state index in [1.54, 1.807) is 0 Å². The van der Waals surface area contributed by atoms with Crippen LogP contribution in [0, 0.1) is 9.49 Å². The van der Waals surface area contributed by atoms with E-state index < -0.39 is 0 Å². The highest BCUT2D eigenvalue weighted by Crippen LogP contribution is 2.24. The molecule has 4 rings (SSSR count). The fourth-order valence-corrected chi connectivity index (χ4v) is 4.28. The van der Waals surface area contributed by atoms with Crippen LogP contribution < -0.4 is 0 Å². The lowest BCUT2D eigenvalue weighted by Gasteiger charge is -2.31. The summed E-state index contributed by atoms with van der Waals surface area (Å²) in [5, 5.41) is 0. The molecule has 0 aliphatic carbocycles. The van der Waals surface area contributed by atoms with Gasteiger partial charge in [0, 0.05) is 40.0 Å². The normalized spacial score (nSPS) is 14.8. The molecule has 1 fully saturated rings. The maximum absolute atomic E-state index is 13.1. The molecule has 0 radical (unpaired) electrons. The van der Waals surface area contributed by atoms with Crippen molar-refractivity contribution in [2.75, 3.05) is 13.1 Å². The number of piperidine rings is 1. The summed E-state index contributed by atoms with van der Waals surface area (Å²) >= 11 is 2.28. The smallest absolute Gasteiger partial charge is 0.270 e. The maximum Gasteiger partial charge on any atom is 0.270 e. The number of ketones is 1. The zero-order valence-electron chi connectivity index (χ0n) is 15.4. The largest absolute Gasteiger partial charge is 0.337 e. The van der Waals surface area contributed by atoms with Crippen LogP contribution in [0.2, 0.25) is 0 Å². The van der Waals surface area contributed by atoms with E-state index in [9.17, 15) is 9.59 Å². The maximum atomic E-state index is 13.1. The number of amides is 1. The Morgan fingerprint density at radius 3 is 2.36 bits per heavy atom. The van der Waals surface area contributed by atoms with E-state index in [1.807, 2.05) is 76.3 Å². The summed E-state index contributed by atoms with van der Waals surface area (Å²) in [6.45, 7) is 1.22. The van der Waals surface area contributed by atoms with E-state index in [0.29, 0.717) is 31.6 Å². The summed E-state index contributed by atoms with van der Waals surface area (Å²) in [6.07, 6.45) is 3.34. The van der Waals surface area contributed by atoms with Crippen LogP contribution >= 0.6 is 22.6 Å². The summed E-state index contributed by atoms with van der Waals surface area (Å²) in [5.41, 5.74) is 2.41. The van der Waals surface area contributed by atoms with Crippen LogP contribution in [-0.2, 0) is 0 Å². The first-order valence-electron chi connectivity index (χ1n) is 9.45. The Morgan fingerprint density at radius 1 is 0.893 bits per heavy atom. The average molecular weight is 484 g/mol. The molecule has 2 aromatic carbocycles. The van der Waals surface area contributed by atoms with Crippen molar-refractivity contribution in [3.63, 3.8) is 0 Å². The van der Waals surface area contributed by atoms with E-state index >= 15 is 0 Å². The van der Waals surface area contributed by atoms with E-state index in [2.05, 4.69) is 28.7 Å². The summed E-state index contributed by atoms with van der Waals surface area (Å²) in [7, 11) is 0. The summed E-state index contributed by atoms with van der Waals surface area (Å²) in [6, 6.07) is 21.3. The van der Waals surface area contributed by atoms with Crippen molar-refractivity contribution in [3.8, 4) is 5.69 Å². The number of rotatable bonds is 4. The Morgan fingerprint density at radius 2 is 1.64 bits per heavy atom. The minimum absolute atomic E-state index is 0.00561. The van der Waals surface area contributed by atoms with Crippen LogP contribution in [0.15, 0.2) is 72.9 Å². The Bertz CT molecular complexity index is 989. The zero-order valence-corrected chi connectivity index (χ0v) is 17.6. The average Bonchev–Trinajstić information content (AvgIpc) is 3.23. The molecule has 142 valence electrons. The van der Waals surface area contributed by atoms with E-state index in [-0.39, 0.29) is 17.6 Å². The fraction of sp³-hybridized carbons (Fsp3) is 0.217. The first kappa shape index (κ1) is 18.9. The van der Waals surface area contributed by atoms with Crippen LogP contribution in [0.3, 0.4) is 0 Å². The van der Waals surface area contributed by atoms with E-state index in [0.717, 1.165) is 14.8 Å². The van der Waals surface area contributed by atoms with Crippen molar-refractivity contribution in [1.82, 2.24) is 9.47 Å². The van der Waals surface area contributed by atoms with Gasteiger partial charge in [-0.05, 0) is 65.8 Å². The predicted octanol–water partition coefficient (Wildman–Crippen LogP) is 4.82. The number of hydrogen-bond acceptors (Lipinski definition) is 2.